The number of nitrogens with one attached hydrogen (secondary N) is 1. The summed E-state index contributed by atoms with van der Waals surface area (Å²) in [6.45, 7) is 0.813. The molecule has 0 radical (unpaired) electrons. The highest BCUT2D eigenvalue weighted by atomic mass is 16.5. The normalized spacial score (nSPS) is 15.7. The average molecular weight is 387 g/mol. The smallest absolute Gasteiger partial charge is 0.251 e. The van der Waals surface area contributed by atoms with Crippen LogP contribution in [0.3, 0.4) is 0 Å². The minimum Gasteiger partial charge on any atom is -0.481 e. The summed E-state index contributed by atoms with van der Waals surface area (Å²) in [5, 5.41) is 17.0. The number of methoxy groups -OCH3 is 1. The molecule has 0 saturated carbocycles. The van der Waals surface area contributed by atoms with Gasteiger partial charge in [0.2, 0.25) is 5.88 Å². The predicted molar refractivity (Wildman–Crippen MR) is 107 cm³/mol. The van der Waals surface area contributed by atoms with E-state index >= 15 is 0 Å². The Morgan fingerprint density at radius 3 is 3.00 bits per heavy atom. The summed E-state index contributed by atoms with van der Waals surface area (Å²) in [4.78, 5) is 16.9. The summed E-state index contributed by atoms with van der Waals surface area (Å²) in [6, 6.07) is 14.4. The Labute approximate surface area is 169 Å². The molecule has 1 aliphatic heterocycles. The van der Waals surface area contributed by atoms with Gasteiger partial charge in [-0.3, -0.25) is 9.48 Å². The molecule has 0 saturated heterocycles. The summed E-state index contributed by atoms with van der Waals surface area (Å²) in [5.41, 5.74) is 3.69. The Bertz CT molecular complexity index is 1080. The van der Waals surface area contributed by atoms with Gasteiger partial charge < -0.3 is 10.1 Å². The van der Waals surface area contributed by atoms with Crippen molar-refractivity contribution in [3.8, 4) is 23.2 Å². The van der Waals surface area contributed by atoms with Crippen molar-refractivity contribution in [3.05, 3.63) is 65.5 Å². The maximum Gasteiger partial charge on any atom is 0.251 e. The van der Waals surface area contributed by atoms with E-state index in [9.17, 15) is 4.79 Å². The monoisotopic (exact) mass is 387 g/mol. The maximum atomic E-state index is 12.8. The molecule has 3 heterocycles. The highest BCUT2D eigenvalue weighted by Crippen LogP contribution is 2.29. The number of amides is 1. The van der Waals surface area contributed by atoms with Crippen molar-refractivity contribution < 1.29 is 9.53 Å². The van der Waals surface area contributed by atoms with Crippen LogP contribution in [0.15, 0.2) is 48.7 Å². The van der Waals surface area contributed by atoms with Crippen LogP contribution in [0.4, 0.5) is 0 Å². The van der Waals surface area contributed by atoms with E-state index in [0.29, 0.717) is 17.0 Å². The first-order valence-electron chi connectivity index (χ1n) is 9.57. The summed E-state index contributed by atoms with van der Waals surface area (Å²) in [7, 11) is 1.58. The third-order valence-electron chi connectivity index (χ3n) is 5.08. The molecule has 7 heteroatoms. The van der Waals surface area contributed by atoms with Gasteiger partial charge in [-0.05, 0) is 49.6 Å². The maximum absolute atomic E-state index is 12.8. The Hall–Kier alpha value is -3.66. The van der Waals surface area contributed by atoms with Crippen LogP contribution in [0.1, 0.15) is 46.9 Å². The van der Waals surface area contributed by atoms with Gasteiger partial charge in [0.25, 0.3) is 5.91 Å². The number of benzene rings is 1. The van der Waals surface area contributed by atoms with E-state index < -0.39 is 0 Å². The quantitative estimate of drug-likeness (QED) is 0.740. The number of rotatable bonds is 4. The second-order valence-corrected chi connectivity index (χ2v) is 6.98. The van der Waals surface area contributed by atoms with Gasteiger partial charge in [-0.2, -0.15) is 10.4 Å². The lowest BCUT2D eigenvalue weighted by Crippen LogP contribution is -2.29. The lowest BCUT2D eigenvalue weighted by atomic mass is 10.0. The van der Waals surface area contributed by atoms with Gasteiger partial charge >= 0.3 is 0 Å². The van der Waals surface area contributed by atoms with E-state index in [4.69, 9.17) is 15.1 Å². The van der Waals surface area contributed by atoms with Crippen LogP contribution in [0.25, 0.3) is 11.3 Å². The third kappa shape index (κ3) is 3.97. The number of pyridine rings is 1. The number of nitrogens with zero attached hydrogens (tertiary/aromatic N) is 4. The number of carbonyl (C=O) groups is 1. The van der Waals surface area contributed by atoms with Crippen LogP contribution < -0.4 is 10.1 Å². The van der Waals surface area contributed by atoms with Crippen LogP contribution in [-0.2, 0) is 6.54 Å². The molecule has 1 unspecified atom stereocenters. The number of carbonyl (C=O) groups excluding carboxylic acids is 1. The van der Waals surface area contributed by atoms with Crippen LogP contribution in [0, 0.1) is 11.3 Å². The van der Waals surface area contributed by atoms with Crippen LogP contribution in [0.2, 0.25) is 0 Å². The van der Waals surface area contributed by atoms with Gasteiger partial charge in [0.15, 0.2) is 0 Å². The first-order valence-corrected chi connectivity index (χ1v) is 9.57. The molecule has 1 atom stereocenters. The lowest BCUT2D eigenvalue weighted by Gasteiger charge is -2.17. The van der Waals surface area contributed by atoms with Crippen molar-refractivity contribution in [1.82, 2.24) is 20.1 Å². The van der Waals surface area contributed by atoms with E-state index in [2.05, 4.69) is 16.4 Å². The molecule has 146 valence electrons. The largest absolute Gasteiger partial charge is 0.481 e. The summed E-state index contributed by atoms with van der Waals surface area (Å²) in [5.74, 6) is 0.349. The van der Waals surface area contributed by atoms with Gasteiger partial charge in [0, 0.05) is 29.9 Å². The molecule has 4 rings (SSSR count). The number of hydrogen-bond donors (Lipinski definition) is 1. The molecule has 7 nitrogen and oxygen atoms in total. The lowest BCUT2D eigenvalue weighted by molar-refractivity contribution is 0.0933. The SMILES string of the molecule is COc1cc(-c2cc3n(n2)CCCCC3NC(=O)c2cccc(C#N)c2)ccn1. The number of fused-ring (bicyclic) bond motifs is 1. The fourth-order valence-corrected chi connectivity index (χ4v) is 3.59. The molecule has 0 fully saturated rings. The fraction of sp³-hybridized carbons (Fsp3) is 0.273. The highest BCUT2D eigenvalue weighted by Gasteiger charge is 2.24. The molecular weight excluding hydrogens is 366 g/mol. The van der Waals surface area contributed by atoms with Crippen molar-refractivity contribution in [2.75, 3.05) is 7.11 Å². The van der Waals surface area contributed by atoms with E-state index in [1.54, 1.807) is 37.6 Å². The zero-order valence-corrected chi connectivity index (χ0v) is 16.1. The van der Waals surface area contributed by atoms with E-state index in [0.717, 1.165) is 42.8 Å². The highest BCUT2D eigenvalue weighted by molar-refractivity contribution is 5.94. The third-order valence-corrected chi connectivity index (χ3v) is 5.08. The topological polar surface area (TPSA) is 92.8 Å². The number of aromatic nitrogens is 3. The van der Waals surface area contributed by atoms with Gasteiger partial charge in [-0.25, -0.2) is 4.98 Å². The van der Waals surface area contributed by atoms with Gasteiger partial charge in [0.05, 0.1) is 36.2 Å². The van der Waals surface area contributed by atoms with Crippen molar-refractivity contribution in [2.24, 2.45) is 0 Å². The number of ether oxygens (including phenoxy) is 1. The van der Waals surface area contributed by atoms with E-state index in [1.807, 2.05) is 22.9 Å². The first-order chi connectivity index (χ1) is 14.2. The average Bonchev–Trinajstić information content (AvgIpc) is 3.11. The molecule has 0 spiro atoms. The van der Waals surface area contributed by atoms with Gasteiger partial charge in [-0.1, -0.05) is 6.07 Å². The van der Waals surface area contributed by atoms with Crippen LogP contribution in [-0.4, -0.2) is 27.8 Å². The molecule has 1 aliphatic rings. The molecular formula is C22H21N5O2. The summed E-state index contributed by atoms with van der Waals surface area (Å²) < 4.78 is 7.19. The van der Waals surface area contributed by atoms with Crippen molar-refractivity contribution in [1.29, 1.82) is 5.26 Å². The fourth-order valence-electron chi connectivity index (χ4n) is 3.59. The second-order valence-electron chi connectivity index (χ2n) is 6.98. The Morgan fingerprint density at radius 2 is 2.17 bits per heavy atom. The number of hydrogen-bond acceptors (Lipinski definition) is 5. The Balaban J connectivity index is 1.62. The standard InChI is InChI=1S/C22H21N5O2/c1-29-21-12-16(8-9-24-21)19-13-20-18(7-2-3-10-27(20)26-19)25-22(28)17-6-4-5-15(11-17)14-23/h4-6,8-9,11-13,18H,2-3,7,10H2,1H3,(H,25,28). The zero-order valence-electron chi connectivity index (χ0n) is 16.1. The predicted octanol–water partition coefficient (Wildman–Crippen LogP) is 3.48. The molecule has 1 N–H and O–H groups in total. The summed E-state index contributed by atoms with van der Waals surface area (Å²) >= 11 is 0. The molecule has 1 amide bonds. The Kier molecular flexibility index (Phi) is 5.25. The Morgan fingerprint density at radius 1 is 1.28 bits per heavy atom. The van der Waals surface area contributed by atoms with Crippen LogP contribution >= 0.6 is 0 Å². The molecule has 3 aromatic rings. The van der Waals surface area contributed by atoms with E-state index in [-0.39, 0.29) is 11.9 Å². The van der Waals surface area contributed by atoms with Gasteiger partial charge in [-0.15, -0.1) is 0 Å². The first kappa shape index (κ1) is 18.7. The molecule has 1 aromatic carbocycles. The molecule has 0 aliphatic carbocycles. The molecule has 0 bridgehead atoms. The van der Waals surface area contributed by atoms with Gasteiger partial charge in [0.1, 0.15) is 0 Å². The van der Waals surface area contributed by atoms with Crippen molar-refractivity contribution >= 4 is 5.91 Å². The number of aryl methyl sites for hydroxylation is 1. The van der Waals surface area contributed by atoms with Crippen LogP contribution in [0.5, 0.6) is 5.88 Å². The molecule has 29 heavy (non-hydrogen) atoms. The zero-order chi connectivity index (χ0) is 20.2. The van der Waals surface area contributed by atoms with Crippen molar-refractivity contribution in [3.63, 3.8) is 0 Å². The summed E-state index contributed by atoms with van der Waals surface area (Å²) in [6.07, 6.45) is 4.55. The number of nitriles is 1. The minimum atomic E-state index is -0.186. The van der Waals surface area contributed by atoms with E-state index in [1.165, 1.54) is 0 Å². The second kappa shape index (κ2) is 8.15. The minimum absolute atomic E-state index is 0.138. The molecule has 2 aromatic heterocycles. The van der Waals surface area contributed by atoms with Crippen molar-refractivity contribution in [2.45, 2.75) is 31.8 Å².